The van der Waals surface area contributed by atoms with Crippen molar-refractivity contribution in [3.05, 3.63) is 0 Å². The molecule has 2 atom stereocenters. The second-order valence-electron chi connectivity index (χ2n) is 4.92. The summed E-state index contributed by atoms with van der Waals surface area (Å²) in [6.07, 6.45) is 0.697. The molecule has 0 aromatic carbocycles. The summed E-state index contributed by atoms with van der Waals surface area (Å²) in [7, 11) is 0. The highest BCUT2D eigenvalue weighted by Gasteiger charge is 2.35. The van der Waals surface area contributed by atoms with E-state index in [0.29, 0.717) is 12.3 Å². The standard InChI is InChI=1S/C11H20N2O2/c1-6(2)5-8-10(14)13-9(7(3)4)11(15)12-8/h6-9H,5H2,1-4H3,(H,12,15)(H,13,14)/t8-,9+/m0/s1. The molecule has 2 amide bonds. The first-order chi connectivity index (χ1) is 6.91. The summed E-state index contributed by atoms with van der Waals surface area (Å²) in [4.78, 5) is 23.3. The van der Waals surface area contributed by atoms with Gasteiger partial charge >= 0.3 is 0 Å². The minimum absolute atomic E-state index is 0.0537. The van der Waals surface area contributed by atoms with Crippen LogP contribution in [-0.4, -0.2) is 23.9 Å². The Bertz CT molecular complexity index is 261. The molecule has 0 bridgehead atoms. The Morgan fingerprint density at radius 2 is 1.67 bits per heavy atom. The van der Waals surface area contributed by atoms with E-state index < -0.39 is 0 Å². The van der Waals surface area contributed by atoms with Gasteiger partial charge in [-0.3, -0.25) is 9.59 Å². The molecule has 1 aliphatic heterocycles. The molecule has 1 saturated heterocycles. The number of hydrogen-bond acceptors (Lipinski definition) is 2. The Balaban J connectivity index is 2.63. The first kappa shape index (κ1) is 12.0. The highest BCUT2D eigenvalue weighted by molar-refractivity contribution is 5.97. The van der Waals surface area contributed by atoms with Gasteiger partial charge in [-0.1, -0.05) is 27.7 Å². The molecule has 1 aliphatic rings. The topological polar surface area (TPSA) is 58.2 Å². The van der Waals surface area contributed by atoms with Crippen molar-refractivity contribution in [1.29, 1.82) is 0 Å². The number of hydrogen-bond donors (Lipinski definition) is 2. The van der Waals surface area contributed by atoms with E-state index in [2.05, 4.69) is 10.6 Å². The van der Waals surface area contributed by atoms with Crippen molar-refractivity contribution >= 4 is 11.8 Å². The molecule has 0 aromatic heterocycles. The Morgan fingerprint density at radius 1 is 1.07 bits per heavy atom. The fourth-order valence-corrected chi connectivity index (χ4v) is 1.75. The maximum Gasteiger partial charge on any atom is 0.243 e. The summed E-state index contributed by atoms with van der Waals surface area (Å²) in [5.41, 5.74) is 0. The van der Waals surface area contributed by atoms with E-state index in [1.807, 2.05) is 27.7 Å². The van der Waals surface area contributed by atoms with Gasteiger partial charge in [0.25, 0.3) is 0 Å². The number of piperazine rings is 1. The van der Waals surface area contributed by atoms with E-state index >= 15 is 0 Å². The van der Waals surface area contributed by atoms with Gasteiger partial charge in [-0.2, -0.15) is 0 Å². The van der Waals surface area contributed by atoms with E-state index in [0.717, 1.165) is 0 Å². The van der Waals surface area contributed by atoms with E-state index in [1.165, 1.54) is 0 Å². The minimum atomic E-state index is -0.374. The van der Waals surface area contributed by atoms with Crippen LogP contribution in [0.1, 0.15) is 34.1 Å². The normalized spacial score (nSPS) is 26.8. The van der Waals surface area contributed by atoms with Crippen LogP contribution < -0.4 is 10.6 Å². The van der Waals surface area contributed by atoms with Crippen molar-refractivity contribution < 1.29 is 9.59 Å². The molecule has 86 valence electrons. The first-order valence-corrected chi connectivity index (χ1v) is 5.52. The second-order valence-corrected chi connectivity index (χ2v) is 4.92. The van der Waals surface area contributed by atoms with E-state index in [1.54, 1.807) is 0 Å². The third kappa shape index (κ3) is 2.94. The zero-order valence-corrected chi connectivity index (χ0v) is 9.83. The van der Waals surface area contributed by atoms with Gasteiger partial charge in [0, 0.05) is 0 Å². The van der Waals surface area contributed by atoms with Crippen LogP contribution in [0.15, 0.2) is 0 Å². The Labute approximate surface area is 90.8 Å². The summed E-state index contributed by atoms with van der Waals surface area (Å²) in [5, 5.41) is 5.55. The SMILES string of the molecule is CC(C)C[C@@H]1NC(=O)[C@@H](C(C)C)NC1=O. The number of rotatable bonds is 3. The first-order valence-electron chi connectivity index (χ1n) is 5.52. The summed E-state index contributed by atoms with van der Waals surface area (Å²) in [6, 6.07) is -0.728. The maximum atomic E-state index is 11.7. The molecule has 0 aromatic rings. The number of nitrogens with one attached hydrogen (secondary N) is 2. The average Bonchev–Trinajstić information content (AvgIpc) is 2.09. The molecule has 15 heavy (non-hydrogen) atoms. The number of carbonyl (C=O) groups excluding carboxylic acids is 2. The smallest absolute Gasteiger partial charge is 0.243 e. The fraction of sp³-hybridized carbons (Fsp3) is 0.818. The lowest BCUT2D eigenvalue weighted by Gasteiger charge is -2.32. The molecule has 1 heterocycles. The van der Waals surface area contributed by atoms with Gasteiger partial charge in [-0.25, -0.2) is 0 Å². The molecule has 1 rings (SSSR count). The Morgan fingerprint density at radius 3 is 2.13 bits per heavy atom. The lowest BCUT2D eigenvalue weighted by Crippen LogP contribution is -2.63. The fourth-order valence-electron chi connectivity index (χ4n) is 1.75. The highest BCUT2D eigenvalue weighted by atomic mass is 16.2. The predicted molar refractivity (Wildman–Crippen MR) is 58.2 cm³/mol. The molecule has 1 fully saturated rings. The number of amides is 2. The molecule has 0 spiro atoms. The third-order valence-corrected chi connectivity index (χ3v) is 2.59. The molecule has 0 aliphatic carbocycles. The minimum Gasteiger partial charge on any atom is -0.343 e. The predicted octanol–water partition coefficient (Wildman–Crippen LogP) is 0.672. The summed E-state index contributed by atoms with van der Waals surface area (Å²) < 4.78 is 0. The Kier molecular flexibility index (Phi) is 3.72. The summed E-state index contributed by atoms with van der Waals surface area (Å²) in [5.74, 6) is 0.419. The van der Waals surface area contributed by atoms with Gasteiger partial charge in [0.2, 0.25) is 11.8 Å². The van der Waals surface area contributed by atoms with Crippen LogP contribution in [0.25, 0.3) is 0 Å². The van der Waals surface area contributed by atoms with Crippen molar-refractivity contribution in [2.75, 3.05) is 0 Å². The van der Waals surface area contributed by atoms with Crippen molar-refractivity contribution in [2.45, 2.75) is 46.2 Å². The average molecular weight is 212 g/mol. The van der Waals surface area contributed by atoms with Gasteiger partial charge in [-0.15, -0.1) is 0 Å². The van der Waals surface area contributed by atoms with Gasteiger partial charge in [0.15, 0.2) is 0 Å². The molecule has 0 unspecified atom stereocenters. The van der Waals surface area contributed by atoms with Crippen LogP contribution in [0.2, 0.25) is 0 Å². The Hall–Kier alpha value is -1.06. The molecule has 2 N–H and O–H groups in total. The van der Waals surface area contributed by atoms with Crippen molar-refractivity contribution in [3.63, 3.8) is 0 Å². The van der Waals surface area contributed by atoms with Crippen molar-refractivity contribution in [1.82, 2.24) is 10.6 Å². The molecule has 4 nitrogen and oxygen atoms in total. The molecule has 4 heteroatoms. The molecular formula is C11H20N2O2. The monoisotopic (exact) mass is 212 g/mol. The van der Waals surface area contributed by atoms with Crippen LogP contribution >= 0.6 is 0 Å². The van der Waals surface area contributed by atoms with Crippen molar-refractivity contribution in [2.24, 2.45) is 11.8 Å². The van der Waals surface area contributed by atoms with E-state index in [4.69, 9.17) is 0 Å². The van der Waals surface area contributed by atoms with Crippen LogP contribution in [0.4, 0.5) is 0 Å². The summed E-state index contributed by atoms with van der Waals surface area (Å²) >= 11 is 0. The highest BCUT2D eigenvalue weighted by Crippen LogP contribution is 2.12. The lowest BCUT2D eigenvalue weighted by atomic mass is 9.96. The van der Waals surface area contributed by atoms with E-state index in [9.17, 15) is 9.59 Å². The zero-order valence-electron chi connectivity index (χ0n) is 9.83. The summed E-state index contributed by atoms with van der Waals surface area (Å²) in [6.45, 7) is 7.92. The van der Waals surface area contributed by atoms with Crippen molar-refractivity contribution in [3.8, 4) is 0 Å². The van der Waals surface area contributed by atoms with Gasteiger partial charge in [0.1, 0.15) is 12.1 Å². The second kappa shape index (κ2) is 4.64. The zero-order chi connectivity index (χ0) is 11.6. The van der Waals surface area contributed by atoms with Crippen LogP contribution in [0.3, 0.4) is 0 Å². The van der Waals surface area contributed by atoms with Crippen LogP contribution in [-0.2, 0) is 9.59 Å². The van der Waals surface area contributed by atoms with E-state index in [-0.39, 0.29) is 29.8 Å². The van der Waals surface area contributed by atoms with Gasteiger partial charge < -0.3 is 10.6 Å². The van der Waals surface area contributed by atoms with Gasteiger partial charge in [-0.05, 0) is 18.3 Å². The lowest BCUT2D eigenvalue weighted by molar-refractivity contribution is -0.138. The van der Waals surface area contributed by atoms with Crippen LogP contribution in [0.5, 0.6) is 0 Å². The molecular weight excluding hydrogens is 192 g/mol. The molecule has 0 saturated carbocycles. The van der Waals surface area contributed by atoms with Crippen LogP contribution in [0, 0.1) is 11.8 Å². The largest absolute Gasteiger partial charge is 0.343 e. The maximum absolute atomic E-state index is 11.7. The third-order valence-electron chi connectivity index (χ3n) is 2.59. The van der Waals surface area contributed by atoms with Gasteiger partial charge in [0.05, 0.1) is 0 Å². The molecule has 0 radical (unpaired) electrons. The quantitative estimate of drug-likeness (QED) is 0.722. The number of carbonyl (C=O) groups is 2.